The van der Waals surface area contributed by atoms with Crippen molar-refractivity contribution >= 4 is 45.1 Å². The van der Waals surface area contributed by atoms with E-state index in [1.165, 1.54) is 6.07 Å². The summed E-state index contributed by atoms with van der Waals surface area (Å²) in [5, 5.41) is 8.44. The number of aliphatic imine (C=N–C) groups is 1. The Hall–Kier alpha value is -2.61. The van der Waals surface area contributed by atoms with Gasteiger partial charge in [0.05, 0.1) is 5.52 Å². The Morgan fingerprint density at radius 1 is 0.920 bits per heavy atom. The summed E-state index contributed by atoms with van der Waals surface area (Å²) < 4.78 is 16.8. The van der Waals surface area contributed by atoms with E-state index in [1.807, 2.05) is 48.5 Å². The van der Waals surface area contributed by atoms with Crippen LogP contribution in [0.3, 0.4) is 0 Å². The van der Waals surface area contributed by atoms with Crippen molar-refractivity contribution < 1.29 is 4.39 Å². The number of halogens is 2. The zero-order chi connectivity index (χ0) is 17.2. The molecule has 0 spiro atoms. The molecule has 1 aromatic heterocycles. The zero-order valence-electron chi connectivity index (χ0n) is 13.0. The van der Waals surface area contributed by atoms with Crippen molar-refractivity contribution in [3.8, 4) is 0 Å². The van der Waals surface area contributed by atoms with Gasteiger partial charge in [0.2, 0.25) is 0 Å². The Kier molecular flexibility index (Phi) is 4.27. The van der Waals surface area contributed by atoms with Crippen molar-refractivity contribution in [1.82, 2.24) is 15.0 Å². The monoisotopic (exact) mass is 442 g/mol. The van der Waals surface area contributed by atoms with Crippen molar-refractivity contribution in [2.75, 3.05) is 0 Å². The van der Waals surface area contributed by atoms with Gasteiger partial charge in [-0.25, -0.2) is 9.38 Å². The summed E-state index contributed by atoms with van der Waals surface area (Å²) in [5.41, 5.74) is 2.70. The second-order valence-electron chi connectivity index (χ2n) is 5.36. The third-order valence-electron chi connectivity index (χ3n) is 3.75. The van der Waals surface area contributed by atoms with Gasteiger partial charge in [-0.15, -0.1) is 5.10 Å². The van der Waals surface area contributed by atoms with Crippen LogP contribution in [0.25, 0.3) is 11.0 Å². The predicted molar refractivity (Wildman–Crippen MR) is 105 cm³/mol. The van der Waals surface area contributed by atoms with E-state index in [0.29, 0.717) is 5.84 Å². The molecule has 3 aromatic carbocycles. The quantitative estimate of drug-likeness (QED) is 0.254. The normalized spacial score (nSPS) is 11.8. The summed E-state index contributed by atoms with van der Waals surface area (Å²) >= 11 is 2.24. The van der Waals surface area contributed by atoms with E-state index in [9.17, 15) is 4.39 Å². The van der Waals surface area contributed by atoms with E-state index in [0.717, 1.165) is 20.2 Å². The van der Waals surface area contributed by atoms with E-state index in [2.05, 4.69) is 37.9 Å². The maximum Gasteiger partial charge on any atom is 0.164 e. The number of para-hydroxylation sites is 2. The van der Waals surface area contributed by atoms with Crippen molar-refractivity contribution in [2.24, 2.45) is 4.99 Å². The lowest BCUT2D eigenvalue weighted by molar-refractivity contribution is 0.629. The third kappa shape index (κ3) is 3.05. The number of fused-ring (bicyclic) bond motifs is 1. The minimum Gasteiger partial charge on any atom is -0.225 e. The van der Waals surface area contributed by atoms with Gasteiger partial charge in [0.15, 0.2) is 5.84 Å². The smallest absolute Gasteiger partial charge is 0.164 e. The number of benzene rings is 3. The fraction of sp³-hybridized carbons (Fsp3) is 0. The highest BCUT2D eigenvalue weighted by Crippen LogP contribution is 2.22. The molecule has 1 heterocycles. The highest BCUT2D eigenvalue weighted by atomic mass is 127. The molecule has 25 heavy (non-hydrogen) atoms. The number of rotatable bonds is 2. The molecule has 0 fully saturated rings. The van der Waals surface area contributed by atoms with Crippen LogP contribution in [0.1, 0.15) is 5.56 Å². The Morgan fingerprint density at radius 3 is 2.48 bits per heavy atom. The first-order chi connectivity index (χ1) is 12.2. The van der Waals surface area contributed by atoms with E-state index < -0.39 is 0 Å². The summed E-state index contributed by atoms with van der Waals surface area (Å²) in [6, 6.07) is 21.9. The lowest BCUT2D eigenvalue weighted by Gasteiger charge is -2.10. The van der Waals surface area contributed by atoms with Crippen LogP contribution in [0.4, 0.5) is 10.1 Å². The minimum atomic E-state index is -0.379. The number of aromatic nitrogens is 3. The van der Waals surface area contributed by atoms with E-state index in [4.69, 9.17) is 0 Å². The molecule has 0 atom stereocenters. The molecule has 0 N–H and O–H groups in total. The zero-order valence-corrected chi connectivity index (χ0v) is 15.1. The van der Waals surface area contributed by atoms with Crippen LogP contribution >= 0.6 is 22.6 Å². The molecule has 0 bridgehead atoms. The first kappa shape index (κ1) is 15.9. The summed E-state index contributed by atoms with van der Waals surface area (Å²) in [6.07, 6.45) is 0. The number of hydrogen-bond acceptors (Lipinski definition) is 3. The molecule has 0 aliphatic carbocycles. The minimum absolute atomic E-state index is 0.261. The Bertz CT molecular complexity index is 1090. The van der Waals surface area contributed by atoms with Crippen LogP contribution in [-0.4, -0.2) is 20.8 Å². The fourth-order valence-corrected chi connectivity index (χ4v) is 3.17. The third-order valence-corrected chi connectivity index (χ3v) is 4.69. The lowest BCUT2D eigenvalue weighted by atomic mass is 10.2. The van der Waals surface area contributed by atoms with Gasteiger partial charge >= 0.3 is 0 Å². The lowest BCUT2D eigenvalue weighted by Crippen LogP contribution is -2.16. The topological polar surface area (TPSA) is 43.1 Å². The van der Waals surface area contributed by atoms with Crippen LogP contribution in [-0.2, 0) is 0 Å². The van der Waals surface area contributed by atoms with Crippen molar-refractivity contribution in [2.45, 2.75) is 0 Å². The molecule has 6 heteroatoms. The van der Waals surface area contributed by atoms with Gasteiger partial charge in [0.1, 0.15) is 17.0 Å². The summed E-state index contributed by atoms with van der Waals surface area (Å²) in [4.78, 5) is 4.58. The van der Waals surface area contributed by atoms with Crippen molar-refractivity contribution in [3.05, 3.63) is 87.7 Å². The van der Waals surface area contributed by atoms with E-state index in [-0.39, 0.29) is 11.5 Å². The SMILES string of the molecule is Fc1ccccc1/N=C(\c1ccccc1I)n1nnc2ccccc21. The molecule has 4 nitrogen and oxygen atoms in total. The molecule has 0 aliphatic rings. The first-order valence-corrected chi connectivity index (χ1v) is 8.71. The molecule has 0 unspecified atom stereocenters. The second kappa shape index (κ2) is 6.72. The first-order valence-electron chi connectivity index (χ1n) is 7.63. The molecule has 4 aromatic rings. The van der Waals surface area contributed by atoms with Gasteiger partial charge < -0.3 is 0 Å². The van der Waals surface area contributed by atoms with Gasteiger partial charge in [-0.2, -0.15) is 4.68 Å². The molecule has 122 valence electrons. The Balaban J connectivity index is 2.00. The molecular formula is C19H12FIN4. The average Bonchev–Trinajstić information content (AvgIpc) is 3.06. The van der Waals surface area contributed by atoms with Crippen LogP contribution < -0.4 is 0 Å². The van der Waals surface area contributed by atoms with Gasteiger partial charge in [0, 0.05) is 9.13 Å². The van der Waals surface area contributed by atoms with Gasteiger partial charge in [0.25, 0.3) is 0 Å². The van der Waals surface area contributed by atoms with E-state index in [1.54, 1.807) is 22.9 Å². The van der Waals surface area contributed by atoms with Crippen LogP contribution in [0, 0.1) is 9.39 Å². The summed E-state index contributed by atoms with van der Waals surface area (Å²) in [7, 11) is 0. The molecule has 0 saturated carbocycles. The maximum atomic E-state index is 14.2. The van der Waals surface area contributed by atoms with Gasteiger partial charge in [-0.05, 0) is 52.9 Å². The number of nitrogens with zero attached hydrogens (tertiary/aromatic N) is 4. The van der Waals surface area contributed by atoms with Crippen LogP contribution in [0.5, 0.6) is 0 Å². The fourth-order valence-electron chi connectivity index (χ4n) is 2.55. The van der Waals surface area contributed by atoms with Crippen molar-refractivity contribution in [1.29, 1.82) is 0 Å². The Morgan fingerprint density at radius 2 is 1.64 bits per heavy atom. The molecule has 0 saturated heterocycles. The summed E-state index contributed by atoms with van der Waals surface area (Å²) in [5.74, 6) is 0.152. The molecular weight excluding hydrogens is 430 g/mol. The van der Waals surface area contributed by atoms with Gasteiger partial charge in [-0.1, -0.05) is 47.7 Å². The second-order valence-corrected chi connectivity index (χ2v) is 6.52. The predicted octanol–water partition coefficient (Wildman–Crippen LogP) is 4.80. The number of hydrogen-bond donors (Lipinski definition) is 0. The van der Waals surface area contributed by atoms with Crippen LogP contribution in [0.2, 0.25) is 0 Å². The Labute approximate surface area is 157 Å². The standard InChI is InChI=1S/C19H12FIN4/c20-14-8-2-4-10-16(14)22-19(13-7-1-3-9-15(13)21)25-18-12-6-5-11-17(18)23-24-25/h1-12H/b22-19+. The molecule has 0 aliphatic heterocycles. The average molecular weight is 442 g/mol. The van der Waals surface area contributed by atoms with Gasteiger partial charge in [-0.3, -0.25) is 0 Å². The highest BCUT2D eigenvalue weighted by Gasteiger charge is 2.15. The maximum absolute atomic E-state index is 14.2. The molecule has 0 amide bonds. The molecule has 0 radical (unpaired) electrons. The van der Waals surface area contributed by atoms with Crippen molar-refractivity contribution in [3.63, 3.8) is 0 Å². The summed E-state index contributed by atoms with van der Waals surface area (Å²) in [6.45, 7) is 0. The highest BCUT2D eigenvalue weighted by molar-refractivity contribution is 14.1. The van der Waals surface area contributed by atoms with E-state index >= 15 is 0 Å². The largest absolute Gasteiger partial charge is 0.225 e. The molecule has 4 rings (SSSR count). The van der Waals surface area contributed by atoms with Crippen LogP contribution in [0.15, 0.2) is 77.8 Å².